The minimum Gasteiger partial charge on any atom is -0.494 e. The number of pyridine rings is 1. The Morgan fingerprint density at radius 2 is 1.68 bits per heavy atom. The smallest absolute Gasteiger partial charge is 0.271 e. The van der Waals surface area contributed by atoms with Crippen molar-refractivity contribution in [2.75, 3.05) is 14.2 Å². The Balaban J connectivity index is 1.51. The van der Waals surface area contributed by atoms with E-state index in [0.29, 0.717) is 29.2 Å². The number of methoxy groups -OCH3 is 2. The Kier molecular flexibility index (Phi) is 8.72. The van der Waals surface area contributed by atoms with Crippen LogP contribution in [0.15, 0.2) is 95.9 Å². The van der Waals surface area contributed by atoms with Crippen LogP contribution < -0.4 is 15.0 Å². The molecule has 5 aromatic rings. The van der Waals surface area contributed by atoms with Crippen LogP contribution >= 0.6 is 0 Å². The van der Waals surface area contributed by atoms with E-state index in [-0.39, 0.29) is 23.2 Å². The molecule has 0 aliphatic carbocycles. The first-order valence-corrected chi connectivity index (χ1v) is 13.9. The molecule has 1 N–H and O–H groups in total. The molecule has 0 amide bonds. The molecule has 0 saturated carbocycles. The number of ether oxygens (including phenoxy) is 2. The molecule has 0 saturated heterocycles. The van der Waals surface area contributed by atoms with Crippen LogP contribution in [-0.2, 0) is 13.0 Å². The van der Waals surface area contributed by atoms with E-state index in [1.165, 1.54) is 27.2 Å². The van der Waals surface area contributed by atoms with E-state index >= 15 is 0 Å². The van der Waals surface area contributed by atoms with Crippen LogP contribution in [0.5, 0.6) is 17.4 Å². The number of ketones is 1. The third-order valence-electron chi connectivity index (χ3n) is 7.34. The van der Waals surface area contributed by atoms with Gasteiger partial charge in [0.1, 0.15) is 11.6 Å². The molecule has 0 aliphatic rings. The Morgan fingerprint density at radius 3 is 2.34 bits per heavy atom. The summed E-state index contributed by atoms with van der Waals surface area (Å²) in [7, 11) is 3.06. The van der Waals surface area contributed by atoms with Crippen molar-refractivity contribution >= 4 is 11.9 Å². The van der Waals surface area contributed by atoms with Crippen LogP contribution in [0.3, 0.4) is 0 Å². The fourth-order valence-corrected chi connectivity index (χ4v) is 5.02. The second kappa shape index (κ2) is 13.0. The number of aromatic nitrogens is 3. The summed E-state index contributed by atoms with van der Waals surface area (Å²) < 4.78 is 13.4. The van der Waals surface area contributed by atoms with Crippen molar-refractivity contribution in [3.8, 4) is 40.4 Å². The molecule has 0 aliphatic heterocycles. The van der Waals surface area contributed by atoms with Gasteiger partial charge in [0.2, 0.25) is 5.88 Å². The predicted octanol–water partition coefficient (Wildman–Crippen LogP) is 5.74. The summed E-state index contributed by atoms with van der Waals surface area (Å²) in [6.45, 7) is 1.52. The summed E-state index contributed by atoms with van der Waals surface area (Å²) in [5, 5.41) is 25.8. The van der Waals surface area contributed by atoms with Crippen LogP contribution in [-0.4, -0.2) is 39.5 Å². The number of rotatable bonds is 10. The minimum atomic E-state index is -0.668. The molecule has 220 valence electrons. The lowest BCUT2D eigenvalue weighted by molar-refractivity contribution is 0.104. The monoisotopic (exact) mass is 586 g/mol. The molecule has 0 unspecified atom stereocenters. The second-order valence-corrected chi connectivity index (χ2v) is 9.98. The zero-order chi connectivity index (χ0) is 31.2. The summed E-state index contributed by atoms with van der Waals surface area (Å²) in [6.07, 6.45) is 5.09. The Morgan fingerprint density at radius 1 is 1.00 bits per heavy atom. The molecular formula is C35H30N4O5. The van der Waals surface area contributed by atoms with Gasteiger partial charge in [0.05, 0.1) is 31.2 Å². The lowest BCUT2D eigenvalue weighted by Crippen LogP contribution is -2.27. The Labute approximate surface area is 254 Å². The minimum absolute atomic E-state index is 0.0289. The average molecular weight is 587 g/mol. The largest absolute Gasteiger partial charge is 0.494 e. The van der Waals surface area contributed by atoms with Crippen LogP contribution in [0.25, 0.3) is 23.0 Å². The molecule has 0 radical (unpaired) electrons. The van der Waals surface area contributed by atoms with E-state index in [1.54, 1.807) is 22.9 Å². The van der Waals surface area contributed by atoms with Gasteiger partial charge in [0, 0.05) is 23.9 Å². The maximum Gasteiger partial charge on any atom is 0.271 e. The fourth-order valence-electron chi connectivity index (χ4n) is 5.02. The number of hydrogen-bond acceptors (Lipinski definition) is 7. The zero-order valence-electron chi connectivity index (χ0n) is 24.5. The standard InChI is InChI=1S/C35H30N4O5/c1-23-28(21-36)34(41)38(19-18-24-14-17-30(43-2)31(20-24)44-3)35(42)32(23)29(40)16-15-26-22-39(27-12-8-5-9-13-27)37-33(26)25-10-6-4-7-11-25/h4-17,20,22,42H,18-19H2,1-3H3/b16-15+. The number of nitrogens with zero attached hydrogens (tertiary/aromatic N) is 4. The molecule has 0 atom stereocenters. The van der Waals surface area contributed by atoms with Crippen LogP contribution in [0.4, 0.5) is 0 Å². The molecule has 44 heavy (non-hydrogen) atoms. The van der Waals surface area contributed by atoms with Crippen molar-refractivity contribution in [1.82, 2.24) is 14.3 Å². The number of para-hydroxylation sites is 1. The van der Waals surface area contributed by atoms with Gasteiger partial charge in [-0.05, 0) is 60.9 Å². The molecule has 3 aromatic carbocycles. The third-order valence-corrected chi connectivity index (χ3v) is 7.34. The normalized spacial score (nSPS) is 11.0. The van der Waals surface area contributed by atoms with Crippen molar-refractivity contribution in [3.05, 3.63) is 129 Å². The summed E-state index contributed by atoms with van der Waals surface area (Å²) >= 11 is 0. The van der Waals surface area contributed by atoms with Gasteiger partial charge in [0.15, 0.2) is 17.3 Å². The second-order valence-electron chi connectivity index (χ2n) is 9.98. The maximum atomic E-state index is 13.6. The van der Waals surface area contributed by atoms with Crippen molar-refractivity contribution in [1.29, 1.82) is 5.26 Å². The van der Waals surface area contributed by atoms with E-state index in [1.807, 2.05) is 79.0 Å². The quantitative estimate of drug-likeness (QED) is 0.164. The molecule has 2 aromatic heterocycles. The van der Waals surface area contributed by atoms with Crippen molar-refractivity contribution in [3.63, 3.8) is 0 Å². The first-order chi connectivity index (χ1) is 21.4. The Hall–Kier alpha value is -5.88. The summed E-state index contributed by atoms with van der Waals surface area (Å²) in [4.78, 5) is 26.8. The predicted molar refractivity (Wildman–Crippen MR) is 167 cm³/mol. The fraction of sp³-hybridized carbons (Fsp3) is 0.143. The molecule has 0 fully saturated rings. The van der Waals surface area contributed by atoms with Gasteiger partial charge in [-0.1, -0.05) is 54.6 Å². The number of carbonyl (C=O) groups is 1. The summed E-state index contributed by atoms with van der Waals surface area (Å²) in [5.41, 5.74) is 3.01. The van der Waals surface area contributed by atoms with Gasteiger partial charge in [-0.2, -0.15) is 10.4 Å². The van der Waals surface area contributed by atoms with Gasteiger partial charge in [0.25, 0.3) is 5.56 Å². The first-order valence-electron chi connectivity index (χ1n) is 13.9. The van der Waals surface area contributed by atoms with Gasteiger partial charge in [-0.15, -0.1) is 0 Å². The van der Waals surface area contributed by atoms with E-state index in [0.717, 1.165) is 21.4 Å². The van der Waals surface area contributed by atoms with E-state index in [2.05, 4.69) is 0 Å². The molecule has 9 nitrogen and oxygen atoms in total. The van der Waals surface area contributed by atoms with E-state index in [9.17, 15) is 20.0 Å². The average Bonchev–Trinajstić information content (AvgIpc) is 3.49. The highest BCUT2D eigenvalue weighted by Gasteiger charge is 2.23. The number of benzene rings is 3. The first kappa shape index (κ1) is 29.6. The van der Waals surface area contributed by atoms with Gasteiger partial charge in [-0.3, -0.25) is 14.2 Å². The van der Waals surface area contributed by atoms with Gasteiger partial charge >= 0.3 is 0 Å². The van der Waals surface area contributed by atoms with Crippen LogP contribution in [0.1, 0.15) is 32.6 Å². The van der Waals surface area contributed by atoms with E-state index < -0.39 is 17.2 Å². The highest BCUT2D eigenvalue weighted by atomic mass is 16.5. The van der Waals surface area contributed by atoms with E-state index in [4.69, 9.17) is 14.6 Å². The highest BCUT2D eigenvalue weighted by Crippen LogP contribution is 2.29. The highest BCUT2D eigenvalue weighted by molar-refractivity contribution is 6.09. The SMILES string of the molecule is COc1ccc(CCn2c(O)c(C(=O)/C=C/c3cn(-c4ccccc4)nc3-c3ccccc3)c(C)c(C#N)c2=O)cc1OC. The molecule has 0 spiro atoms. The lowest BCUT2D eigenvalue weighted by Gasteiger charge is -2.15. The van der Waals surface area contributed by atoms with Gasteiger partial charge < -0.3 is 14.6 Å². The van der Waals surface area contributed by atoms with Gasteiger partial charge in [-0.25, -0.2) is 4.68 Å². The molecule has 0 bridgehead atoms. The third kappa shape index (κ3) is 5.87. The number of allylic oxidation sites excluding steroid dienone is 1. The Bertz CT molecular complexity index is 1950. The van der Waals surface area contributed by atoms with Crippen LogP contribution in [0.2, 0.25) is 0 Å². The lowest BCUT2D eigenvalue weighted by atomic mass is 10.00. The number of nitriles is 1. The van der Waals surface area contributed by atoms with Crippen molar-refractivity contribution in [2.24, 2.45) is 0 Å². The summed E-state index contributed by atoms with van der Waals surface area (Å²) in [6, 6.07) is 26.4. The van der Waals surface area contributed by atoms with Crippen molar-refractivity contribution in [2.45, 2.75) is 19.9 Å². The molecule has 2 heterocycles. The molecular weight excluding hydrogens is 556 g/mol. The summed E-state index contributed by atoms with van der Waals surface area (Å²) in [5.74, 6) is 0.0325. The zero-order valence-corrected chi connectivity index (χ0v) is 24.5. The number of aryl methyl sites for hydroxylation is 1. The number of carbonyl (C=O) groups excluding carboxylic acids is 1. The molecule has 5 rings (SSSR count). The number of aromatic hydroxyl groups is 1. The topological polar surface area (TPSA) is 119 Å². The maximum absolute atomic E-state index is 13.6. The van der Waals surface area contributed by atoms with Crippen molar-refractivity contribution < 1.29 is 19.4 Å². The van der Waals surface area contributed by atoms with Crippen LogP contribution in [0, 0.1) is 18.3 Å². The molecule has 9 heteroatoms. The number of hydrogen-bond donors (Lipinski definition) is 1.